The van der Waals surface area contributed by atoms with Crippen LogP contribution in [0.2, 0.25) is 0 Å². The predicted molar refractivity (Wildman–Crippen MR) is 96.3 cm³/mol. The zero-order chi connectivity index (χ0) is 21.2. The van der Waals surface area contributed by atoms with Crippen molar-refractivity contribution in [1.82, 2.24) is 9.97 Å². The summed E-state index contributed by atoms with van der Waals surface area (Å²) in [6, 6.07) is 6.50. The molecule has 0 aliphatic carbocycles. The van der Waals surface area contributed by atoms with E-state index in [-0.39, 0.29) is 29.2 Å². The molecular formula is C20H14F5N3O. The SMILES string of the molecule is CN(Cc1c(C=O)ccnc1-c1ccc(F)cc1F)c1ccc(C(F)(F)F)cn1. The number of halogens is 5. The summed E-state index contributed by atoms with van der Waals surface area (Å²) in [6.45, 7) is 0.00638. The highest BCUT2D eigenvalue weighted by molar-refractivity contribution is 5.82. The van der Waals surface area contributed by atoms with Crippen LogP contribution < -0.4 is 4.90 Å². The van der Waals surface area contributed by atoms with Gasteiger partial charge >= 0.3 is 6.18 Å². The molecule has 0 radical (unpaired) electrons. The van der Waals surface area contributed by atoms with E-state index >= 15 is 0 Å². The van der Waals surface area contributed by atoms with Crippen LogP contribution in [0.15, 0.2) is 48.8 Å². The van der Waals surface area contributed by atoms with E-state index < -0.39 is 23.4 Å². The normalized spacial score (nSPS) is 11.4. The lowest BCUT2D eigenvalue weighted by molar-refractivity contribution is -0.137. The number of rotatable bonds is 5. The van der Waals surface area contributed by atoms with Crippen LogP contribution in [0.4, 0.5) is 27.8 Å². The van der Waals surface area contributed by atoms with Crippen molar-refractivity contribution in [2.75, 3.05) is 11.9 Å². The molecule has 4 nitrogen and oxygen atoms in total. The second kappa shape index (κ2) is 7.94. The van der Waals surface area contributed by atoms with E-state index in [2.05, 4.69) is 9.97 Å². The molecule has 3 rings (SSSR count). The molecule has 0 spiro atoms. The van der Waals surface area contributed by atoms with Crippen molar-refractivity contribution in [3.05, 3.63) is 77.1 Å². The lowest BCUT2D eigenvalue weighted by Crippen LogP contribution is -2.20. The number of aromatic nitrogens is 2. The standard InChI is InChI=1S/C20H14F5N3O/c1-28(18-5-2-13(9-27-18)20(23,24)25)10-16-12(11-29)6-7-26-19(16)15-4-3-14(21)8-17(15)22/h2-9,11H,10H2,1H3. The molecule has 2 aromatic heterocycles. The van der Waals surface area contributed by atoms with Gasteiger partial charge in [-0.1, -0.05) is 0 Å². The van der Waals surface area contributed by atoms with Crippen LogP contribution in [0.1, 0.15) is 21.5 Å². The number of hydrogen-bond acceptors (Lipinski definition) is 4. The molecule has 0 saturated heterocycles. The van der Waals surface area contributed by atoms with Crippen LogP contribution in [0.3, 0.4) is 0 Å². The smallest absolute Gasteiger partial charge is 0.355 e. The lowest BCUT2D eigenvalue weighted by atomic mass is 10.0. The van der Waals surface area contributed by atoms with Crippen molar-refractivity contribution in [1.29, 1.82) is 0 Å². The van der Waals surface area contributed by atoms with Gasteiger partial charge in [-0.05, 0) is 30.3 Å². The minimum atomic E-state index is -4.51. The van der Waals surface area contributed by atoms with Gasteiger partial charge in [-0.3, -0.25) is 9.78 Å². The first kappa shape index (κ1) is 20.4. The van der Waals surface area contributed by atoms with Gasteiger partial charge in [0.25, 0.3) is 0 Å². The van der Waals surface area contributed by atoms with Gasteiger partial charge in [0.05, 0.1) is 11.3 Å². The predicted octanol–water partition coefficient (Wildman–Crippen LogP) is 4.89. The second-order valence-electron chi connectivity index (χ2n) is 6.23. The van der Waals surface area contributed by atoms with E-state index in [0.29, 0.717) is 24.1 Å². The largest absolute Gasteiger partial charge is 0.417 e. The minimum Gasteiger partial charge on any atom is -0.355 e. The molecule has 0 aliphatic heterocycles. The van der Waals surface area contributed by atoms with Gasteiger partial charge < -0.3 is 4.90 Å². The zero-order valence-corrected chi connectivity index (χ0v) is 15.0. The number of carbonyl (C=O) groups is 1. The van der Waals surface area contributed by atoms with E-state index in [4.69, 9.17) is 0 Å². The van der Waals surface area contributed by atoms with Gasteiger partial charge in [0.1, 0.15) is 17.5 Å². The summed E-state index contributed by atoms with van der Waals surface area (Å²) >= 11 is 0. The van der Waals surface area contributed by atoms with E-state index in [0.717, 1.165) is 12.1 Å². The van der Waals surface area contributed by atoms with Crippen LogP contribution in [0, 0.1) is 11.6 Å². The number of aldehydes is 1. The third-order valence-corrected chi connectivity index (χ3v) is 4.27. The molecule has 0 bridgehead atoms. The summed E-state index contributed by atoms with van der Waals surface area (Å²) in [4.78, 5) is 20.9. The number of carbonyl (C=O) groups excluding carboxylic acids is 1. The van der Waals surface area contributed by atoms with Crippen LogP contribution in [-0.4, -0.2) is 23.3 Å². The first-order valence-electron chi connectivity index (χ1n) is 8.33. The zero-order valence-electron chi connectivity index (χ0n) is 15.0. The Hall–Kier alpha value is -3.36. The summed E-state index contributed by atoms with van der Waals surface area (Å²) in [6.07, 6.45) is -1.92. The van der Waals surface area contributed by atoms with Gasteiger partial charge in [0, 0.05) is 48.7 Å². The number of anilines is 1. The topological polar surface area (TPSA) is 46.1 Å². The molecule has 9 heteroatoms. The van der Waals surface area contributed by atoms with Crippen molar-refractivity contribution >= 4 is 12.1 Å². The van der Waals surface area contributed by atoms with Gasteiger partial charge in [-0.15, -0.1) is 0 Å². The third kappa shape index (κ3) is 4.39. The molecule has 0 N–H and O–H groups in total. The van der Waals surface area contributed by atoms with Crippen molar-refractivity contribution in [3.63, 3.8) is 0 Å². The monoisotopic (exact) mass is 407 g/mol. The Morgan fingerprint density at radius 1 is 1.07 bits per heavy atom. The Morgan fingerprint density at radius 3 is 2.41 bits per heavy atom. The number of pyridine rings is 2. The van der Waals surface area contributed by atoms with Crippen LogP contribution in [0.25, 0.3) is 11.3 Å². The molecular weight excluding hydrogens is 393 g/mol. The van der Waals surface area contributed by atoms with Crippen molar-refractivity contribution in [2.24, 2.45) is 0 Å². The molecule has 1 aromatic carbocycles. The summed E-state index contributed by atoms with van der Waals surface area (Å²) in [5.41, 5.74) is -0.210. The van der Waals surface area contributed by atoms with Crippen molar-refractivity contribution in [3.8, 4) is 11.3 Å². The number of nitrogens with zero attached hydrogens (tertiary/aromatic N) is 3. The fourth-order valence-electron chi connectivity index (χ4n) is 2.80. The Morgan fingerprint density at radius 2 is 1.83 bits per heavy atom. The third-order valence-electron chi connectivity index (χ3n) is 4.27. The highest BCUT2D eigenvalue weighted by atomic mass is 19.4. The quantitative estimate of drug-likeness (QED) is 0.446. The average Bonchev–Trinajstić information content (AvgIpc) is 2.68. The summed E-state index contributed by atoms with van der Waals surface area (Å²) in [7, 11) is 1.56. The van der Waals surface area contributed by atoms with Crippen LogP contribution in [0.5, 0.6) is 0 Å². The molecule has 29 heavy (non-hydrogen) atoms. The molecule has 0 unspecified atom stereocenters. The Labute approximate surface area is 162 Å². The van der Waals surface area contributed by atoms with Crippen molar-refractivity contribution < 1.29 is 26.7 Å². The number of benzene rings is 1. The first-order valence-corrected chi connectivity index (χ1v) is 8.33. The summed E-state index contributed by atoms with van der Waals surface area (Å²) in [5, 5.41) is 0. The molecule has 0 aliphatic rings. The summed E-state index contributed by atoms with van der Waals surface area (Å²) in [5.74, 6) is -1.40. The number of hydrogen-bond donors (Lipinski definition) is 0. The maximum Gasteiger partial charge on any atom is 0.417 e. The molecule has 3 aromatic rings. The van der Waals surface area contributed by atoms with Crippen LogP contribution in [-0.2, 0) is 12.7 Å². The van der Waals surface area contributed by atoms with Gasteiger partial charge in [0.15, 0.2) is 6.29 Å². The van der Waals surface area contributed by atoms with E-state index in [1.807, 2.05) is 0 Å². The maximum absolute atomic E-state index is 14.3. The summed E-state index contributed by atoms with van der Waals surface area (Å²) < 4.78 is 65.6. The second-order valence-corrected chi connectivity index (χ2v) is 6.23. The van der Waals surface area contributed by atoms with Gasteiger partial charge in [-0.25, -0.2) is 13.8 Å². The molecule has 0 atom stereocenters. The minimum absolute atomic E-state index is 0.00104. The fraction of sp³-hybridized carbons (Fsp3) is 0.150. The maximum atomic E-state index is 14.3. The highest BCUT2D eigenvalue weighted by Gasteiger charge is 2.30. The van der Waals surface area contributed by atoms with E-state index in [9.17, 15) is 26.7 Å². The van der Waals surface area contributed by atoms with E-state index in [1.165, 1.54) is 29.3 Å². The Kier molecular flexibility index (Phi) is 5.58. The Bertz CT molecular complexity index is 1040. The highest BCUT2D eigenvalue weighted by Crippen LogP contribution is 2.31. The van der Waals surface area contributed by atoms with Gasteiger partial charge in [0.2, 0.25) is 0 Å². The first-order chi connectivity index (χ1) is 13.7. The van der Waals surface area contributed by atoms with Crippen molar-refractivity contribution in [2.45, 2.75) is 12.7 Å². The van der Waals surface area contributed by atoms with Crippen LogP contribution >= 0.6 is 0 Å². The molecule has 2 heterocycles. The molecule has 0 saturated carbocycles. The molecule has 0 fully saturated rings. The van der Waals surface area contributed by atoms with E-state index in [1.54, 1.807) is 7.05 Å². The molecule has 0 amide bonds. The Balaban J connectivity index is 1.99. The fourth-order valence-corrected chi connectivity index (χ4v) is 2.80. The molecule has 150 valence electrons. The average molecular weight is 407 g/mol. The number of alkyl halides is 3. The lowest BCUT2D eigenvalue weighted by Gasteiger charge is -2.21. The van der Waals surface area contributed by atoms with Gasteiger partial charge in [-0.2, -0.15) is 13.2 Å².